The third-order valence-corrected chi connectivity index (χ3v) is 5.24. The van der Waals surface area contributed by atoms with Crippen LogP contribution in [0.25, 0.3) is 0 Å². The van der Waals surface area contributed by atoms with Gasteiger partial charge in [-0.1, -0.05) is 0 Å². The lowest BCUT2D eigenvalue weighted by Crippen LogP contribution is -2.47. The van der Waals surface area contributed by atoms with Gasteiger partial charge >= 0.3 is 0 Å². The molecule has 0 aliphatic rings. The van der Waals surface area contributed by atoms with Gasteiger partial charge in [0, 0.05) is 13.1 Å². The molecule has 1 rings (SSSR count). The molecular weight excluding hydrogens is 386 g/mol. The van der Waals surface area contributed by atoms with Gasteiger partial charge in [0.25, 0.3) is 0 Å². The SMILES string of the molecule is CCOc1ccc(S(=O)(=O)NC(CCSC)C(=O)NCCN)cc1.Cl. The van der Waals surface area contributed by atoms with E-state index in [4.69, 9.17) is 10.5 Å². The number of hydrogen-bond donors (Lipinski definition) is 3. The zero-order valence-electron chi connectivity index (χ0n) is 14.4. The highest BCUT2D eigenvalue weighted by Crippen LogP contribution is 2.16. The Labute approximate surface area is 159 Å². The molecule has 0 saturated heterocycles. The maximum Gasteiger partial charge on any atom is 0.241 e. The van der Waals surface area contributed by atoms with Gasteiger partial charge in [0.15, 0.2) is 0 Å². The van der Waals surface area contributed by atoms with Crippen LogP contribution in [0.5, 0.6) is 5.75 Å². The number of ether oxygens (including phenoxy) is 1. The summed E-state index contributed by atoms with van der Waals surface area (Å²) in [7, 11) is -3.80. The van der Waals surface area contributed by atoms with E-state index in [-0.39, 0.29) is 23.2 Å². The molecule has 144 valence electrons. The summed E-state index contributed by atoms with van der Waals surface area (Å²) in [6.07, 6.45) is 2.30. The summed E-state index contributed by atoms with van der Waals surface area (Å²) >= 11 is 1.54. The average Bonchev–Trinajstić information content (AvgIpc) is 2.57. The molecule has 1 atom stereocenters. The van der Waals surface area contributed by atoms with Gasteiger partial charge in [-0.3, -0.25) is 4.79 Å². The second-order valence-corrected chi connectivity index (χ2v) is 7.64. The molecule has 0 saturated carbocycles. The summed E-state index contributed by atoms with van der Waals surface area (Å²) in [6.45, 7) is 2.96. The predicted molar refractivity (Wildman–Crippen MR) is 104 cm³/mol. The van der Waals surface area contributed by atoms with Crippen molar-refractivity contribution in [3.05, 3.63) is 24.3 Å². The molecule has 25 heavy (non-hydrogen) atoms. The zero-order valence-corrected chi connectivity index (χ0v) is 16.8. The van der Waals surface area contributed by atoms with Crippen molar-refractivity contribution in [3.63, 3.8) is 0 Å². The van der Waals surface area contributed by atoms with Crippen molar-refractivity contribution < 1.29 is 17.9 Å². The molecule has 0 fully saturated rings. The summed E-state index contributed by atoms with van der Waals surface area (Å²) in [4.78, 5) is 12.2. The number of amides is 1. The van der Waals surface area contributed by atoms with Gasteiger partial charge in [0.1, 0.15) is 11.8 Å². The number of carbonyl (C=O) groups excluding carboxylic acids is 1. The second kappa shape index (κ2) is 12.4. The number of benzene rings is 1. The molecule has 0 bridgehead atoms. The zero-order chi connectivity index (χ0) is 18.0. The quantitative estimate of drug-likeness (QED) is 0.500. The average molecular weight is 412 g/mol. The lowest BCUT2D eigenvalue weighted by atomic mass is 10.2. The van der Waals surface area contributed by atoms with E-state index in [2.05, 4.69) is 10.0 Å². The first-order chi connectivity index (χ1) is 11.4. The maximum absolute atomic E-state index is 12.5. The Kier molecular flexibility index (Phi) is 11.9. The van der Waals surface area contributed by atoms with Gasteiger partial charge in [0.2, 0.25) is 15.9 Å². The summed E-state index contributed by atoms with van der Waals surface area (Å²) in [5.41, 5.74) is 5.36. The van der Waals surface area contributed by atoms with Crippen molar-refractivity contribution in [2.24, 2.45) is 5.73 Å². The van der Waals surface area contributed by atoms with E-state index in [1.54, 1.807) is 23.9 Å². The fourth-order valence-electron chi connectivity index (χ4n) is 1.93. The van der Waals surface area contributed by atoms with E-state index in [0.29, 0.717) is 37.6 Å². The number of hydrogen-bond acceptors (Lipinski definition) is 6. The highest BCUT2D eigenvalue weighted by Gasteiger charge is 2.25. The van der Waals surface area contributed by atoms with Crippen molar-refractivity contribution in [2.45, 2.75) is 24.3 Å². The van der Waals surface area contributed by atoms with Crippen molar-refractivity contribution in [3.8, 4) is 5.75 Å². The van der Waals surface area contributed by atoms with E-state index in [1.165, 1.54) is 12.1 Å². The topological polar surface area (TPSA) is 111 Å². The molecule has 0 heterocycles. The lowest BCUT2D eigenvalue weighted by Gasteiger charge is -2.18. The van der Waals surface area contributed by atoms with E-state index in [9.17, 15) is 13.2 Å². The number of carbonyl (C=O) groups is 1. The number of halogens is 1. The fourth-order valence-corrected chi connectivity index (χ4v) is 3.64. The third-order valence-electron chi connectivity index (χ3n) is 3.11. The van der Waals surface area contributed by atoms with Crippen molar-refractivity contribution in [1.29, 1.82) is 0 Å². The summed E-state index contributed by atoms with van der Waals surface area (Å²) in [5.74, 6) is 0.882. The van der Waals surface area contributed by atoms with Crippen molar-refractivity contribution in [1.82, 2.24) is 10.0 Å². The molecule has 4 N–H and O–H groups in total. The monoisotopic (exact) mass is 411 g/mol. The van der Waals surface area contributed by atoms with Crippen LogP contribution in [-0.4, -0.2) is 52.1 Å². The van der Waals surface area contributed by atoms with Crippen LogP contribution in [0.4, 0.5) is 0 Å². The molecule has 0 radical (unpaired) electrons. The predicted octanol–water partition coefficient (Wildman–Crippen LogP) is 0.982. The van der Waals surface area contributed by atoms with Crippen LogP contribution in [0.1, 0.15) is 13.3 Å². The Morgan fingerprint density at radius 3 is 2.48 bits per heavy atom. The Bertz CT molecular complexity index is 612. The molecule has 0 aliphatic carbocycles. The molecule has 7 nitrogen and oxygen atoms in total. The van der Waals surface area contributed by atoms with Gasteiger partial charge in [-0.2, -0.15) is 16.5 Å². The number of nitrogens with two attached hydrogens (primary N) is 1. The van der Waals surface area contributed by atoms with Crippen LogP contribution in [0.3, 0.4) is 0 Å². The second-order valence-electron chi connectivity index (χ2n) is 4.94. The summed E-state index contributed by atoms with van der Waals surface area (Å²) in [6, 6.07) is 5.25. The molecular formula is C15H26ClN3O4S2. The number of rotatable bonds is 11. The minimum Gasteiger partial charge on any atom is -0.494 e. The van der Waals surface area contributed by atoms with Crippen LogP contribution in [0, 0.1) is 0 Å². The van der Waals surface area contributed by atoms with Crippen molar-refractivity contribution >= 4 is 40.1 Å². The first-order valence-corrected chi connectivity index (χ1v) is 10.5. The van der Waals surface area contributed by atoms with E-state index in [1.807, 2.05) is 13.2 Å². The molecule has 0 aromatic heterocycles. The minimum absolute atomic E-state index is 0. The maximum atomic E-state index is 12.5. The van der Waals surface area contributed by atoms with Crippen LogP contribution < -0.4 is 20.5 Å². The van der Waals surface area contributed by atoms with Gasteiger partial charge < -0.3 is 15.8 Å². The third kappa shape index (κ3) is 8.28. The van der Waals surface area contributed by atoms with Crippen LogP contribution in [0.2, 0.25) is 0 Å². The number of sulfonamides is 1. The van der Waals surface area contributed by atoms with Gasteiger partial charge in [0.05, 0.1) is 11.5 Å². The first kappa shape index (κ1) is 24.0. The van der Waals surface area contributed by atoms with Gasteiger partial charge in [-0.15, -0.1) is 12.4 Å². The van der Waals surface area contributed by atoms with E-state index < -0.39 is 16.1 Å². The van der Waals surface area contributed by atoms with Crippen LogP contribution in [0.15, 0.2) is 29.2 Å². The Balaban J connectivity index is 0.00000576. The molecule has 1 unspecified atom stereocenters. The Morgan fingerprint density at radius 1 is 1.32 bits per heavy atom. The number of thioether (sulfide) groups is 1. The van der Waals surface area contributed by atoms with Gasteiger partial charge in [-0.25, -0.2) is 8.42 Å². The number of nitrogens with one attached hydrogen (secondary N) is 2. The molecule has 10 heteroatoms. The van der Waals surface area contributed by atoms with Crippen molar-refractivity contribution in [2.75, 3.05) is 31.7 Å². The molecule has 1 aromatic rings. The summed E-state index contributed by atoms with van der Waals surface area (Å²) < 4.78 is 32.7. The van der Waals surface area contributed by atoms with E-state index in [0.717, 1.165) is 0 Å². The lowest BCUT2D eigenvalue weighted by molar-refractivity contribution is -0.122. The highest BCUT2D eigenvalue weighted by atomic mass is 35.5. The summed E-state index contributed by atoms with van der Waals surface area (Å²) in [5, 5.41) is 2.62. The molecule has 1 aromatic carbocycles. The fraction of sp³-hybridized carbons (Fsp3) is 0.533. The Morgan fingerprint density at radius 2 is 1.96 bits per heavy atom. The van der Waals surface area contributed by atoms with E-state index >= 15 is 0 Å². The normalized spacial score (nSPS) is 12.1. The highest BCUT2D eigenvalue weighted by molar-refractivity contribution is 7.98. The molecule has 0 spiro atoms. The van der Waals surface area contributed by atoms with Crippen LogP contribution >= 0.6 is 24.2 Å². The standard InChI is InChI=1S/C15H25N3O4S2.ClH/c1-3-22-12-4-6-13(7-5-12)24(20,21)18-14(8-11-23-2)15(19)17-10-9-16;/h4-7,14,18H,3,8-11,16H2,1-2H3,(H,17,19);1H. The van der Waals surface area contributed by atoms with Crippen LogP contribution in [-0.2, 0) is 14.8 Å². The molecule has 1 amide bonds. The Hall–Kier alpha value is -1.00. The molecule has 0 aliphatic heterocycles. The smallest absolute Gasteiger partial charge is 0.241 e. The first-order valence-electron chi connectivity index (χ1n) is 7.66. The van der Waals surface area contributed by atoms with Gasteiger partial charge in [-0.05, 0) is 49.6 Å². The minimum atomic E-state index is -3.80. The largest absolute Gasteiger partial charge is 0.494 e.